The summed E-state index contributed by atoms with van der Waals surface area (Å²) in [6.07, 6.45) is 1.88. The zero-order chi connectivity index (χ0) is 15.1. The van der Waals surface area contributed by atoms with Gasteiger partial charge >= 0.3 is 0 Å². The van der Waals surface area contributed by atoms with Crippen molar-refractivity contribution >= 4 is 10.8 Å². The van der Waals surface area contributed by atoms with E-state index in [-0.39, 0.29) is 6.10 Å². The monoisotopic (exact) mass is 288 g/mol. The summed E-state index contributed by atoms with van der Waals surface area (Å²) in [5.41, 5.74) is 1.19. The molecule has 114 valence electrons. The minimum atomic E-state index is -0.0135. The van der Waals surface area contributed by atoms with Crippen molar-refractivity contribution < 1.29 is 9.47 Å². The summed E-state index contributed by atoms with van der Waals surface area (Å²) in [6.45, 7) is 9.11. The van der Waals surface area contributed by atoms with Gasteiger partial charge in [-0.3, -0.25) is 0 Å². The van der Waals surface area contributed by atoms with E-state index >= 15 is 0 Å². The van der Waals surface area contributed by atoms with E-state index in [1.807, 2.05) is 32.2 Å². The van der Waals surface area contributed by atoms with Crippen molar-refractivity contribution in [3.8, 4) is 5.88 Å². The molecule has 0 saturated heterocycles. The summed E-state index contributed by atoms with van der Waals surface area (Å²) in [5.74, 6) is 0.679. The molecule has 0 radical (unpaired) electrons. The molecule has 4 nitrogen and oxygen atoms in total. The molecule has 1 unspecified atom stereocenters. The topological polar surface area (TPSA) is 43.4 Å². The minimum Gasteiger partial charge on any atom is -0.472 e. The summed E-state index contributed by atoms with van der Waals surface area (Å²) < 4.78 is 11.3. The molecule has 2 rings (SSSR count). The molecular weight excluding hydrogens is 264 g/mol. The molecule has 0 spiro atoms. The van der Waals surface area contributed by atoms with E-state index in [1.165, 1.54) is 10.9 Å². The number of pyridine rings is 1. The lowest BCUT2D eigenvalue weighted by atomic mass is 10.1. The van der Waals surface area contributed by atoms with Crippen molar-refractivity contribution in [3.63, 3.8) is 0 Å². The van der Waals surface area contributed by atoms with E-state index in [4.69, 9.17) is 9.47 Å². The lowest BCUT2D eigenvalue weighted by Crippen LogP contribution is -2.20. The largest absolute Gasteiger partial charge is 0.472 e. The zero-order valence-electron chi connectivity index (χ0n) is 13.1. The van der Waals surface area contributed by atoms with Crippen LogP contribution in [0.2, 0.25) is 0 Å². The molecule has 1 aromatic heterocycles. The van der Waals surface area contributed by atoms with E-state index in [0.29, 0.717) is 19.1 Å². The van der Waals surface area contributed by atoms with Gasteiger partial charge in [-0.2, -0.15) is 0 Å². The Morgan fingerprint density at radius 1 is 1.19 bits per heavy atom. The Hall–Kier alpha value is -1.65. The lowest BCUT2D eigenvalue weighted by molar-refractivity contribution is 0.0642. The van der Waals surface area contributed by atoms with Gasteiger partial charge in [0.1, 0.15) is 6.10 Å². The fraction of sp³-hybridized carbons (Fsp3) is 0.471. The van der Waals surface area contributed by atoms with E-state index in [9.17, 15) is 0 Å². The first-order chi connectivity index (χ1) is 10.3. The first-order valence-electron chi connectivity index (χ1n) is 7.58. The third-order valence-electron chi connectivity index (χ3n) is 3.28. The third kappa shape index (κ3) is 4.16. The van der Waals surface area contributed by atoms with Gasteiger partial charge in [-0.25, -0.2) is 4.98 Å². The van der Waals surface area contributed by atoms with Gasteiger partial charge in [0.15, 0.2) is 0 Å². The van der Waals surface area contributed by atoms with Crippen molar-refractivity contribution in [2.75, 3.05) is 19.8 Å². The predicted molar refractivity (Wildman–Crippen MR) is 85.7 cm³/mol. The smallest absolute Gasteiger partial charge is 0.221 e. The van der Waals surface area contributed by atoms with Crippen LogP contribution in [0.4, 0.5) is 0 Å². The Bertz CT molecular complexity index is 572. The summed E-state index contributed by atoms with van der Waals surface area (Å²) in [5, 5.41) is 5.58. The third-order valence-corrected chi connectivity index (χ3v) is 3.28. The van der Waals surface area contributed by atoms with E-state index in [2.05, 4.69) is 29.4 Å². The van der Waals surface area contributed by atoms with Gasteiger partial charge in [0.2, 0.25) is 5.88 Å². The van der Waals surface area contributed by atoms with Crippen LogP contribution in [0, 0.1) is 0 Å². The number of rotatable bonds is 8. The van der Waals surface area contributed by atoms with Gasteiger partial charge in [-0.15, -0.1) is 0 Å². The highest BCUT2D eigenvalue weighted by Crippen LogP contribution is 2.26. The molecular formula is C17H24N2O2. The number of aromatic nitrogens is 1. The van der Waals surface area contributed by atoms with Crippen molar-refractivity contribution in [3.05, 3.63) is 36.0 Å². The second kappa shape index (κ2) is 7.96. The first kappa shape index (κ1) is 15.7. The molecule has 2 aromatic rings. The van der Waals surface area contributed by atoms with Crippen molar-refractivity contribution in [1.82, 2.24) is 10.3 Å². The number of nitrogens with one attached hydrogen (secondary N) is 1. The van der Waals surface area contributed by atoms with Crippen LogP contribution in [0.1, 0.15) is 26.3 Å². The molecule has 1 heterocycles. The SMILES string of the molecule is CCNCc1cnc(OC(C)COCC)c2ccccc12. The molecule has 21 heavy (non-hydrogen) atoms. The normalized spacial score (nSPS) is 12.5. The van der Waals surface area contributed by atoms with Gasteiger partial charge in [-0.05, 0) is 37.4 Å². The fourth-order valence-electron chi connectivity index (χ4n) is 2.23. The highest BCUT2D eigenvalue weighted by Gasteiger charge is 2.11. The summed E-state index contributed by atoms with van der Waals surface area (Å²) in [4.78, 5) is 4.49. The van der Waals surface area contributed by atoms with Gasteiger partial charge in [0, 0.05) is 24.7 Å². The quantitative estimate of drug-likeness (QED) is 0.810. The number of benzene rings is 1. The first-order valence-corrected chi connectivity index (χ1v) is 7.58. The van der Waals surface area contributed by atoms with Crippen LogP contribution in [0.3, 0.4) is 0 Å². The van der Waals surface area contributed by atoms with Crippen LogP contribution >= 0.6 is 0 Å². The van der Waals surface area contributed by atoms with Gasteiger partial charge in [-0.1, -0.05) is 25.1 Å². The van der Waals surface area contributed by atoms with Crippen LogP contribution in [0.15, 0.2) is 30.5 Å². The molecule has 0 amide bonds. The molecule has 1 atom stereocenters. The Balaban J connectivity index is 2.25. The minimum absolute atomic E-state index is 0.0135. The summed E-state index contributed by atoms with van der Waals surface area (Å²) in [7, 11) is 0. The maximum atomic E-state index is 5.93. The summed E-state index contributed by atoms with van der Waals surface area (Å²) >= 11 is 0. The molecule has 0 saturated carbocycles. The number of fused-ring (bicyclic) bond motifs is 1. The molecule has 4 heteroatoms. The van der Waals surface area contributed by atoms with Crippen molar-refractivity contribution in [1.29, 1.82) is 0 Å². The van der Waals surface area contributed by atoms with Crippen LogP contribution in [-0.4, -0.2) is 30.8 Å². The highest BCUT2D eigenvalue weighted by atomic mass is 16.5. The average Bonchev–Trinajstić information content (AvgIpc) is 2.52. The van der Waals surface area contributed by atoms with Crippen molar-refractivity contribution in [2.24, 2.45) is 0 Å². The number of hydrogen-bond acceptors (Lipinski definition) is 4. The second-order valence-electron chi connectivity index (χ2n) is 5.00. The van der Waals surface area contributed by atoms with Crippen LogP contribution in [0.5, 0.6) is 5.88 Å². The van der Waals surface area contributed by atoms with Crippen molar-refractivity contribution in [2.45, 2.75) is 33.4 Å². The molecule has 0 aliphatic carbocycles. The number of hydrogen-bond donors (Lipinski definition) is 1. The molecule has 1 N–H and O–H groups in total. The van der Waals surface area contributed by atoms with E-state index in [0.717, 1.165) is 18.5 Å². The Kier molecular flexibility index (Phi) is 5.96. The Morgan fingerprint density at radius 3 is 2.67 bits per heavy atom. The standard InChI is InChI=1S/C17H24N2O2/c1-4-18-10-14-11-19-17(21-13(3)12-20-5-2)16-9-7-6-8-15(14)16/h6-9,11,13,18H,4-5,10,12H2,1-3H3. The Morgan fingerprint density at radius 2 is 1.95 bits per heavy atom. The van der Waals surface area contributed by atoms with Gasteiger partial charge in [0.05, 0.1) is 6.61 Å². The molecule has 0 bridgehead atoms. The average molecular weight is 288 g/mol. The van der Waals surface area contributed by atoms with Gasteiger partial charge < -0.3 is 14.8 Å². The van der Waals surface area contributed by atoms with E-state index in [1.54, 1.807) is 0 Å². The van der Waals surface area contributed by atoms with Crippen LogP contribution < -0.4 is 10.1 Å². The highest BCUT2D eigenvalue weighted by molar-refractivity contribution is 5.89. The van der Waals surface area contributed by atoms with Gasteiger partial charge in [0.25, 0.3) is 0 Å². The van der Waals surface area contributed by atoms with Crippen LogP contribution in [-0.2, 0) is 11.3 Å². The maximum Gasteiger partial charge on any atom is 0.221 e. The second-order valence-corrected chi connectivity index (χ2v) is 5.00. The molecule has 0 fully saturated rings. The lowest BCUT2D eigenvalue weighted by Gasteiger charge is -2.16. The molecule has 1 aromatic carbocycles. The number of nitrogens with zero attached hydrogens (tertiary/aromatic N) is 1. The summed E-state index contributed by atoms with van der Waals surface area (Å²) in [6, 6.07) is 8.23. The molecule has 0 aliphatic rings. The molecule has 0 aliphatic heterocycles. The Labute approximate surface area is 126 Å². The fourth-order valence-corrected chi connectivity index (χ4v) is 2.23. The number of ether oxygens (including phenoxy) is 2. The zero-order valence-corrected chi connectivity index (χ0v) is 13.1. The maximum absolute atomic E-state index is 5.93. The van der Waals surface area contributed by atoms with Crippen LogP contribution in [0.25, 0.3) is 10.8 Å². The van der Waals surface area contributed by atoms with E-state index < -0.39 is 0 Å². The predicted octanol–water partition coefficient (Wildman–Crippen LogP) is 3.15.